The maximum absolute atomic E-state index is 12.1. The third-order valence-corrected chi connectivity index (χ3v) is 4.40. The van der Waals surface area contributed by atoms with E-state index < -0.39 is 17.9 Å². The summed E-state index contributed by atoms with van der Waals surface area (Å²) in [6.07, 6.45) is -0.861. The first-order valence-corrected chi connectivity index (χ1v) is 9.33. The van der Waals surface area contributed by atoms with E-state index >= 15 is 0 Å². The lowest BCUT2D eigenvalue weighted by atomic mass is 10.2. The van der Waals surface area contributed by atoms with Crippen molar-refractivity contribution in [1.82, 2.24) is 16.2 Å². The first-order valence-electron chi connectivity index (χ1n) is 8.54. The van der Waals surface area contributed by atoms with Crippen molar-refractivity contribution in [1.29, 1.82) is 0 Å². The predicted molar refractivity (Wildman–Crippen MR) is 104 cm³/mol. The fourth-order valence-electron chi connectivity index (χ4n) is 2.42. The second-order valence-corrected chi connectivity index (χ2v) is 6.83. The lowest BCUT2D eigenvalue weighted by Crippen LogP contribution is -2.51. The Hall–Kier alpha value is -3.07. The monoisotopic (exact) mass is 447 g/mol. The van der Waals surface area contributed by atoms with Gasteiger partial charge in [-0.25, -0.2) is 0 Å². The summed E-state index contributed by atoms with van der Waals surface area (Å²) in [7, 11) is 0. The Kier molecular flexibility index (Phi) is 6.49. The molecule has 0 aromatic heterocycles. The molecule has 146 valence electrons. The van der Waals surface area contributed by atoms with Gasteiger partial charge in [0.15, 0.2) is 11.5 Å². The Bertz CT molecular complexity index is 872. The zero-order chi connectivity index (χ0) is 19.9. The molecule has 9 heteroatoms. The van der Waals surface area contributed by atoms with E-state index in [2.05, 4.69) is 32.1 Å². The maximum Gasteiger partial charge on any atom is 0.283 e. The normalized spacial score (nSPS) is 14.7. The molecular formula is C19H18BrN3O5. The first kappa shape index (κ1) is 19.7. The quantitative estimate of drug-likeness (QED) is 0.603. The summed E-state index contributed by atoms with van der Waals surface area (Å²) in [5.74, 6) is -0.216. The van der Waals surface area contributed by atoms with Crippen molar-refractivity contribution in [2.75, 3.05) is 13.2 Å². The average Bonchev–Trinajstić information content (AvgIpc) is 2.72. The Labute approximate surface area is 169 Å². The van der Waals surface area contributed by atoms with Gasteiger partial charge >= 0.3 is 0 Å². The maximum atomic E-state index is 12.1. The molecule has 8 nitrogen and oxygen atoms in total. The Balaban J connectivity index is 1.37. The SMILES string of the molecule is O=C(CCNC(=O)c1ccc(Br)cc1)NNC(=O)[C@@H]1COc2ccccc2O1. The highest BCUT2D eigenvalue weighted by atomic mass is 79.9. The number of halogens is 1. The van der Waals surface area contributed by atoms with Gasteiger partial charge in [-0.1, -0.05) is 28.1 Å². The fourth-order valence-corrected chi connectivity index (χ4v) is 2.68. The van der Waals surface area contributed by atoms with Crippen LogP contribution in [0.3, 0.4) is 0 Å². The van der Waals surface area contributed by atoms with Crippen LogP contribution >= 0.6 is 15.9 Å². The topological polar surface area (TPSA) is 106 Å². The molecule has 0 saturated heterocycles. The molecule has 2 aromatic carbocycles. The van der Waals surface area contributed by atoms with Crippen molar-refractivity contribution >= 4 is 33.7 Å². The second kappa shape index (κ2) is 9.23. The highest BCUT2D eigenvalue weighted by Gasteiger charge is 2.27. The summed E-state index contributed by atoms with van der Waals surface area (Å²) in [5, 5.41) is 2.64. The molecule has 3 N–H and O–H groups in total. The zero-order valence-corrected chi connectivity index (χ0v) is 16.3. The second-order valence-electron chi connectivity index (χ2n) is 5.91. The van der Waals surface area contributed by atoms with Gasteiger partial charge in [0, 0.05) is 23.0 Å². The van der Waals surface area contributed by atoms with Crippen molar-refractivity contribution in [2.24, 2.45) is 0 Å². The van der Waals surface area contributed by atoms with Gasteiger partial charge in [0.25, 0.3) is 11.8 Å². The number of benzene rings is 2. The number of nitrogens with one attached hydrogen (secondary N) is 3. The van der Waals surface area contributed by atoms with E-state index in [-0.39, 0.29) is 25.5 Å². The molecule has 1 aliphatic heterocycles. The Morgan fingerprint density at radius 1 is 1.00 bits per heavy atom. The van der Waals surface area contributed by atoms with Crippen LogP contribution in [-0.2, 0) is 9.59 Å². The number of carbonyl (C=O) groups excluding carboxylic acids is 3. The molecule has 3 rings (SSSR count). The Morgan fingerprint density at radius 2 is 1.71 bits per heavy atom. The van der Waals surface area contributed by atoms with Gasteiger partial charge in [0.2, 0.25) is 12.0 Å². The van der Waals surface area contributed by atoms with Crippen LogP contribution in [0.15, 0.2) is 53.0 Å². The molecule has 0 bridgehead atoms. The van der Waals surface area contributed by atoms with E-state index in [9.17, 15) is 14.4 Å². The van der Waals surface area contributed by atoms with Gasteiger partial charge in [0.1, 0.15) is 6.61 Å². The van der Waals surface area contributed by atoms with E-state index in [1.807, 2.05) is 0 Å². The number of carbonyl (C=O) groups is 3. The number of para-hydroxylation sites is 2. The van der Waals surface area contributed by atoms with Crippen LogP contribution in [0.5, 0.6) is 11.5 Å². The zero-order valence-electron chi connectivity index (χ0n) is 14.7. The summed E-state index contributed by atoms with van der Waals surface area (Å²) in [4.78, 5) is 35.9. The minimum atomic E-state index is -0.868. The van der Waals surface area contributed by atoms with Crippen LogP contribution < -0.4 is 25.6 Å². The van der Waals surface area contributed by atoms with Crippen LogP contribution in [0, 0.1) is 0 Å². The van der Waals surface area contributed by atoms with Crippen molar-refractivity contribution in [3.05, 3.63) is 58.6 Å². The highest BCUT2D eigenvalue weighted by molar-refractivity contribution is 9.10. The van der Waals surface area contributed by atoms with E-state index in [0.29, 0.717) is 17.1 Å². The molecule has 1 heterocycles. The first-order chi connectivity index (χ1) is 13.5. The van der Waals surface area contributed by atoms with Gasteiger partial charge in [-0.3, -0.25) is 25.2 Å². The summed E-state index contributed by atoms with van der Waals surface area (Å²) >= 11 is 3.30. The summed E-state index contributed by atoms with van der Waals surface area (Å²) in [6.45, 7) is 0.176. The summed E-state index contributed by atoms with van der Waals surface area (Å²) < 4.78 is 11.9. The molecule has 2 aromatic rings. The number of hydrazine groups is 1. The predicted octanol–water partition coefficient (Wildman–Crippen LogP) is 1.56. The molecule has 1 aliphatic rings. The fraction of sp³-hybridized carbons (Fsp3) is 0.211. The minimum Gasteiger partial charge on any atom is -0.485 e. The number of hydrogen-bond donors (Lipinski definition) is 3. The number of fused-ring (bicyclic) bond motifs is 1. The van der Waals surface area contributed by atoms with Gasteiger partial charge < -0.3 is 14.8 Å². The number of hydrogen-bond acceptors (Lipinski definition) is 5. The molecule has 0 unspecified atom stereocenters. The lowest BCUT2D eigenvalue weighted by Gasteiger charge is -2.25. The van der Waals surface area contributed by atoms with Gasteiger partial charge in [-0.2, -0.15) is 0 Å². The number of ether oxygens (including phenoxy) is 2. The van der Waals surface area contributed by atoms with Crippen molar-refractivity contribution in [3.63, 3.8) is 0 Å². The summed E-state index contributed by atoms with van der Waals surface area (Å²) in [6, 6.07) is 13.9. The van der Waals surface area contributed by atoms with Crippen LogP contribution in [0.1, 0.15) is 16.8 Å². The Morgan fingerprint density at radius 3 is 2.46 bits per heavy atom. The molecule has 0 spiro atoms. The molecule has 3 amide bonds. The van der Waals surface area contributed by atoms with Crippen molar-refractivity contribution in [2.45, 2.75) is 12.5 Å². The average molecular weight is 448 g/mol. The molecule has 0 fully saturated rings. The van der Waals surface area contributed by atoms with Crippen LogP contribution in [0.2, 0.25) is 0 Å². The minimum absolute atomic E-state index is 0.00735. The van der Waals surface area contributed by atoms with Crippen LogP contribution in [-0.4, -0.2) is 37.0 Å². The van der Waals surface area contributed by atoms with E-state index in [0.717, 1.165) is 4.47 Å². The molecule has 1 atom stereocenters. The van der Waals surface area contributed by atoms with E-state index in [1.54, 1.807) is 48.5 Å². The van der Waals surface area contributed by atoms with Crippen molar-refractivity contribution in [3.8, 4) is 11.5 Å². The van der Waals surface area contributed by atoms with E-state index in [4.69, 9.17) is 9.47 Å². The van der Waals surface area contributed by atoms with Crippen LogP contribution in [0.4, 0.5) is 0 Å². The largest absolute Gasteiger partial charge is 0.485 e. The van der Waals surface area contributed by atoms with Crippen molar-refractivity contribution < 1.29 is 23.9 Å². The molecule has 0 aliphatic carbocycles. The smallest absolute Gasteiger partial charge is 0.283 e. The number of amides is 3. The van der Waals surface area contributed by atoms with Gasteiger partial charge in [-0.05, 0) is 36.4 Å². The molecule has 0 radical (unpaired) electrons. The van der Waals surface area contributed by atoms with E-state index in [1.165, 1.54) is 0 Å². The van der Waals surface area contributed by atoms with Crippen LogP contribution in [0.25, 0.3) is 0 Å². The highest BCUT2D eigenvalue weighted by Crippen LogP contribution is 2.30. The molecule has 28 heavy (non-hydrogen) atoms. The lowest BCUT2D eigenvalue weighted by molar-refractivity contribution is -0.135. The third-order valence-electron chi connectivity index (χ3n) is 3.87. The molecule has 0 saturated carbocycles. The molecular weight excluding hydrogens is 430 g/mol. The van der Waals surface area contributed by atoms with Gasteiger partial charge in [0.05, 0.1) is 0 Å². The number of rotatable bonds is 5. The standard InChI is InChI=1S/C19H18BrN3O5/c20-13-7-5-12(6-8-13)18(25)21-10-9-17(24)22-23-19(26)16-11-27-14-3-1-2-4-15(14)28-16/h1-8,16H,9-11H2,(H,21,25)(H,22,24)(H,23,26)/t16-/m0/s1. The third kappa shape index (κ3) is 5.23. The summed E-state index contributed by atoms with van der Waals surface area (Å²) in [5.41, 5.74) is 5.08. The van der Waals surface area contributed by atoms with Gasteiger partial charge in [-0.15, -0.1) is 0 Å².